The Bertz CT molecular complexity index is 709. The normalized spacial score (nSPS) is 11.8. The summed E-state index contributed by atoms with van der Waals surface area (Å²) in [6.07, 6.45) is 1.30. The van der Waals surface area contributed by atoms with E-state index in [4.69, 9.17) is 9.47 Å². The molecule has 0 aromatic heterocycles. The number of benzene rings is 2. The fraction of sp³-hybridized carbons (Fsp3) is 0.381. The lowest BCUT2D eigenvalue weighted by Gasteiger charge is -2.18. The molecule has 0 amide bonds. The van der Waals surface area contributed by atoms with Gasteiger partial charge in [0.15, 0.2) is 0 Å². The summed E-state index contributed by atoms with van der Waals surface area (Å²) >= 11 is 0. The molecular weight excluding hydrogens is 316 g/mol. The molecule has 2 aromatic rings. The molecule has 2 rings (SSSR count). The Labute approximate surface area is 149 Å². The van der Waals surface area contributed by atoms with Gasteiger partial charge in [-0.25, -0.2) is 0 Å². The van der Waals surface area contributed by atoms with Crippen molar-refractivity contribution in [3.63, 3.8) is 0 Å². The summed E-state index contributed by atoms with van der Waals surface area (Å²) in [7, 11) is 0. The van der Waals surface area contributed by atoms with Crippen molar-refractivity contribution in [3.05, 3.63) is 59.2 Å². The van der Waals surface area contributed by atoms with Gasteiger partial charge in [-0.2, -0.15) is 0 Å². The van der Waals surface area contributed by atoms with Gasteiger partial charge in [-0.1, -0.05) is 31.2 Å². The average Bonchev–Trinajstić information content (AvgIpc) is 2.59. The van der Waals surface area contributed by atoms with Gasteiger partial charge in [-0.05, 0) is 61.6 Å². The lowest BCUT2D eigenvalue weighted by Crippen LogP contribution is -2.16. The first-order valence-electron chi connectivity index (χ1n) is 8.73. The van der Waals surface area contributed by atoms with Gasteiger partial charge < -0.3 is 14.6 Å². The Morgan fingerprint density at radius 1 is 1.12 bits per heavy atom. The third-order valence-electron chi connectivity index (χ3n) is 4.08. The van der Waals surface area contributed by atoms with Crippen molar-refractivity contribution >= 4 is 5.97 Å². The molecule has 0 radical (unpaired) electrons. The van der Waals surface area contributed by atoms with E-state index < -0.39 is 11.9 Å². The molecule has 0 bridgehead atoms. The molecule has 0 aliphatic carbocycles. The van der Waals surface area contributed by atoms with Crippen LogP contribution in [0.3, 0.4) is 0 Å². The van der Waals surface area contributed by atoms with Crippen LogP contribution >= 0.6 is 0 Å². The first kappa shape index (κ1) is 18.8. The molecule has 2 aromatic carbocycles. The highest BCUT2D eigenvalue weighted by Crippen LogP contribution is 2.30. The minimum absolute atomic E-state index is 0.393. The Kier molecular flexibility index (Phi) is 6.87. The van der Waals surface area contributed by atoms with E-state index in [1.54, 1.807) is 0 Å². The molecule has 0 heterocycles. The highest BCUT2D eigenvalue weighted by Gasteiger charge is 2.23. The van der Waals surface area contributed by atoms with Crippen LogP contribution in [-0.4, -0.2) is 24.3 Å². The van der Waals surface area contributed by atoms with E-state index in [-0.39, 0.29) is 0 Å². The Balaban J connectivity index is 2.30. The smallest absolute Gasteiger partial charge is 0.311 e. The van der Waals surface area contributed by atoms with Crippen LogP contribution in [0.1, 0.15) is 42.9 Å². The molecule has 25 heavy (non-hydrogen) atoms. The van der Waals surface area contributed by atoms with Crippen molar-refractivity contribution in [1.29, 1.82) is 0 Å². The van der Waals surface area contributed by atoms with Gasteiger partial charge in [0.05, 0.1) is 19.1 Å². The van der Waals surface area contributed by atoms with Gasteiger partial charge >= 0.3 is 5.97 Å². The Morgan fingerprint density at radius 3 is 2.52 bits per heavy atom. The third-order valence-corrected chi connectivity index (χ3v) is 4.08. The van der Waals surface area contributed by atoms with Crippen LogP contribution < -0.4 is 9.47 Å². The molecule has 1 atom stereocenters. The van der Waals surface area contributed by atoms with E-state index in [0.717, 1.165) is 34.6 Å². The molecule has 0 fully saturated rings. The van der Waals surface area contributed by atoms with E-state index in [2.05, 4.69) is 0 Å². The van der Waals surface area contributed by atoms with Crippen LogP contribution in [0.5, 0.6) is 11.5 Å². The molecule has 0 spiro atoms. The van der Waals surface area contributed by atoms with Crippen molar-refractivity contribution < 1.29 is 19.4 Å². The molecule has 1 unspecified atom stereocenters. The zero-order valence-electron chi connectivity index (χ0n) is 15.1. The summed E-state index contributed by atoms with van der Waals surface area (Å²) < 4.78 is 11.3. The second-order valence-electron chi connectivity index (χ2n) is 6.00. The van der Waals surface area contributed by atoms with Crippen LogP contribution in [-0.2, 0) is 11.2 Å². The van der Waals surface area contributed by atoms with E-state index >= 15 is 0 Å². The third kappa shape index (κ3) is 4.99. The zero-order chi connectivity index (χ0) is 18.2. The predicted octanol–water partition coefficient (Wildman–Crippen LogP) is 4.59. The monoisotopic (exact) mass is 342 g/mol. The number of hydrogen-bond donors (Lipinski definition) is 1. The van der Waals surface area contributed by atoms with Gasteiger partial charge in [0.1, 0.15) is 11.5 Å². The van der Waals surface area contributed by atoms with Crippen molar-refractivity contribution in [1.82, 2.24) is 0 Å². The summed E-state index contributed by atoms with van der Waals surface area (Å²) in [4.78, 5) is 11.9. The maximum Gasteiger partial charge on any atom is 0.311 e. The largest absolute Gasteiger partial charge is 0.494 e. The number of aliphatic carboxylic acids is 1. The molecule has 0 aliphatic rings. The standard InChI is InChI=1S/C21H26O4/c1-4-12-25-20-9-7-6-8-16(20)14-19(21(22)23)18-11-10-17(24-5-2)13-15(18)3/h6-11,13,19H,4-5,12,14H2,1-3H3,(H,22,23). The van der Waals surface area contributed by atoms with E-state index in [1.807, 2.05) is 63.2 Å². The van der Waals surface area contributed by atoms with Crippen LogP contribution in [0.25, 0.3) is 0 Å². The molecule has 0 aliphatic heterocycles. The maximum absolute atomic E-state index is 11.9. The van der Waals surface area contributed by atoms with Crippen LogP contribution in [0.15, 0.2) is 42.5 Å². The van der Waals surface area contributed by atoms with Gasteiger partial charge in [-0.3, -0.25) is 4.79 Å². The van der Waals surface area contributed by atoms with E-state index in [9.17, 15) is 9.90 Å². The highest BCUT2D eigenvalue weighted by molar-refractivity contribution is 5.77. The van der Waals surface area contributed by atoms with Gasteiger partial charge in [-0.15, -0.1) is 0 Å². The number of rotatable bonds is 9. The average molecular weight is 342 g/mol. The Hall–Kier alpha value is -2.49. The maximum atomic E-state index is 11.9. The van der Waals surface area contributed by atoms with E-state index in [1.165, 1.54) is 0 Å². The second kappa shape index (κ2) is 9.11. The molecular formula is C21H26O4. The van der Waals surface area contributed by atoms with Gasteiger partial charge in [0, 0.05) is 0 Å². The number of ether oxygens (including phenoxy) is 2. The lowest BCUT2D eigenvalue weighted by molar-refractivity contribution is -0.138. The summed E-state index contributed by atoms with van der Waals surface area (Å²) in [5.74, 6) is 0.0679. The number of aryl methyl sites for hydroxylation is 1. The molecule has 1 N–H and O–H groups in total. The highest BCUT2D eigenvalue weighted by atomic mass is 16.5. The minimum Gasteiger partial charge on any atom is -0.494 e. The molecule has 0 saturated heterocycles. The first-order chi connectivity index (χ1) is 12.1. The zero-order valence-corrected chi connectivity index (χ0v) is 15.1. The summed E-state index contributed by atoms with van der Waals surface area (Å²) in [6.45, 7) is 7.11. The summed E-state index contributed by atoms with van der Waals surface area (Å²) in [6, 6.07) is 13.2. The van der Waals surface area contributed by atoms with Crippen LogP contribution in [0.2, 0.25) is 0 Å². The Morgan fingerprint density at radius 2 is 1.88 bits per heavy atom. The molecule has 0 saturated carbocycles. The number of para-hydroxylation sites is 1. The van der Waals surface area contributed by atoms with Crippen LogP contribution in [0, 0.1) is 6.92 Å². The second-order valence-corrected chi connectivity index (χ2v) is 6.00. The van der Waals surface area contributed by atoms with Crippen molar-refractivity contribution in [2.75, 3.05) is 13.2 Å². The van der Waals surface area contributed by atoms with Gasteiger partial charge in [0.2, 0.25) is 0 Å². The van der Waals surface area contributed by atoms with Crippen molar-refractivity contribution in [2.24, 2.45) is 0 Å². The first-order valence-corrected chi connectivity index (χ1v) is 8.73. The number of hydrogen-bond acceptors (Lipinski definition) is 3. The molecule has 4 heteroatoms. The fourth-order valence-electron chi connectivity index (χ4n) is 2.87. The summed E-state index contributed by atoms with van der Waals surface area (Å²) in [5, 5.41) is 9.78. The fourth-order valence-corrected chi connectivity index (χ4v) is 2.87. The number of carboxylic acids is 1. The van der Waals surface area contributed by atoms with Crippen LogP contribution in [0.4, 0.5) is 0 Å². The number of carbonyl (C=O) groups is 1. The predicted molar refractivity (Wildman–Crippen MR) is 98.7 cm³/mol. The lowest BCUT2D eigenvalue weighted by atomic mass is 9.89. The number of carboxylic acid groups (broad SMARTS) is 1. The minimum atomic E-state index is -0.836. The van der Waals surface area contributed by atoms with Gasteiger partial charge in [0.25, 0.3) is 0 Å². The van der Waals surface area contributed by atoms with Crippen molar-refractivity contribution in [2.45, 2.75) is 39.5 Å². The SMILES string of the molecule is CCCOc1ccccc1CC(C(=O)O)c1ccc(OCC)cc1C. The molecule has 4 nitrogen and oxygen atoms in total. The topological polar surface area (TPSA) is 55.8 Å². The van der Waals surface area contributed by atoms with E-state index in [0.29, 0.717) is 19.6 Å². The quantitative estimate of drug-likeness (QED) is 0.724. The van der Waals surface area contributed by atoms with Crippen molar-refractivity contribution in [3.8, 4) is 11.5 Å². The molecule has 134 valence electrons. The summed E-state index contributed by atoms with van der Waals surface area (Å²) in [5.41, 5.74) is 2.64.